The Morgan fingerprint density at radius 1 is 1.41 bits per heavy atom. The summed E-state index contributed by atoms with van der Waals surface area (Å²) in [6.45, 7) is 6.11. The number of alkyl halides is 1. The molecule has 1 aromatic heterocycles. The quantitative estimate of drug-likeness (QED) is 0.757. The number of thiophene rings is 1. The summed E-state index contributed by atoms with van der Waals surface area (Å²) >= 11 is 6.96. The van der Waals surface area contributed by atoms with Crippen molar-refractivity contribution < 1.29 is 8.42 Å². The van der Waals surface area contributed by atoms with Crippen LogP contribution in [0.2, 0.25) is 0 Å². The minimum absolute atomic E-state index is 0.0245. The first-order valence-corrected chi connectivity index (χ1v) is 8.39. The molecule has 1 aromatic rings. The highest BCUT2D eigenvalue weighted by Crippen LogP contribution is 2.26. The van der Waals surface area contributed by atoms with Gasteiger partial charge in [0.25, 0.3) is 10.0 Å². The molecule has 0 unspecified atom stereocenters. The van der Waals surface area contributed by atoms with E-state index in [1.165, 1.54) is 15.6 Å². The molecule has 17 heavy (non-hydrogen) atoms. The highest BCUT2D eigenvalue weighted by Gasteiger charge is 2.26. The van der Waals surface area contributed by atoms with Crippen LogP contribution in [0.5, 0.6) is 0 Å². The van der Waals surface area contributed by atoms with E-state index in [0.29, 0.717) is 16.6 Å². The second-order valence-electron chi connectivity index (χ2n) is 3.96. The highest BCUT2D eigenvalue weighted by molar-refractivity contribution is 7.91. The van der Waals surface area contributed by atoms with Gasteiger partial charge in [0, 0.05) is 23.3 Å². The molecule has 0 N–H and O–H groups in total. The third-order valence-corrected chi connectivity index (χ3v) is 6.38. The summed E-state index contributed by atoms with van der Waals surface area (Å²) in [6, 6.07) is 3.49. The average molecular weight is 296 g/mol. The Morgan fingerprint density at radius 3 is 2.53 bits per heavy atom. The number of hydrogen-bond donors (Lipinski definition) is 0. The van der Waals surface area contributed by atoms with Gasteiger partial charge >= 0.3 is 0 Å². The van der Waals surface area contributed by atoms with E-state index < -0.39 is 10.0 Å². The maximum atomic E-state index is 12.3. The molecule has 0 atom stereocenters. The topological polar surface area (TPSA) is 37.4 Å². The Labute approximate surface area is 112 Å². The molecule has 1 rings (SSSR count). The Balaban J connectivity index is 3.03. The van der Waals surface area contributed by atoms with Crippen LogP contribution in [0.3, 0.4) is 0 Å². The molecule has 0 bridgehead atoms. The van der Waals surface area contributed by atoms with Crippen LogP contribution in [-0.4, -0.2) is 31.2 Å². The van der Waals surface area contributed by atoms with E-state index in [1.807, 2.05) is 26.8 Å². The van der Waals surface area contributed by atoms with E-state index in [4.69, 9.17) is 11.6 Å². The van der Waals surface area contributed by atoms with Gasteiger partial charge in [-0.1, -0.05) is 6.92 Å². The summed E-state index contributed by atoms with van der Waals surface area (Å²) < 4.78 is 26.6. The van der Waals surface area contributed by atoms with Crippen molar-refractivity contribution in [2.75, 3.05) is 12.4 Å². The van der Waals surface area contributed by atoms with Crippen molar-refractivity contribution >= 4 is 33.0 Å². The summed E-state index contributed by atoms with van der Waals surface area (Å²) in [5, 5.41) is 0. The predicted octanol–water partition coefficient (Wildman–Crippen LogP) is 2.95. The fourth-order valence-electron chi connectivity index (χ4n) is 1.65. The Kier molecular flexibility index (Phi) is 5.44. The summed E-state index contributed by atoms with van der Waals surface area (Å²) in [7, 11) is -3.34. The molecule has 0 radical (unpaired) electrons. The van der Waals surface area contributed by atoms with Crippen molar-refractivity contribution in [3.63, 3.8) is 0 Å². The van der Waals surface area contributed by atoms with Gasteiger partial charge in [-0.25, -0.2) is 8.42 Å². The molecule has 0 aliphatic carbocycles. The molecule has 6 heteroatoms. The normalized spacial score (nSPS) is 12.6. The van der Waals surface area contributed by atoms with Gasteiger partial charge in [0.05, 0.1) is 0 Å². The number of nitrogens with zero attached hydrogens (tertiary/aromatic N) is 1. The first kappa shape index (κ1) is 15.0. The van der Waals surface area contributed by atoms with Crippen molar-refractivity contribution in [1.29, 1.82) is 0 Å². The second kappa shape index (κ2) is 6.18. The summed E-state index contributed by atoms with van der Waals surface area (Å²) in [4.78, 5) is 1.01. The zero-order valence-electron chi connectivity index (χ0n) is 10.3. The van der Waals surface area contributed by atoms with Gasteiger partial charge in [0.15, 0.2) is 0 Å². The van der Waals surface area contributed by atoms with Crippen LogP contribution in [0.1, 0.15) is 25.6 Å². The van der Waals surface area contributed by atoms with Crippen molar-refractivity contribution in [2.45, 2.75) is 37.4 Å². The summed E-state index contributed by atoms with van der Waals surface area (Å²) in [6.07, 6.45) is 0.718. The zero-order chi connectivity index (χ0) is 13.1. The van der Waals surface area contributed by atoms with Gasteiger partial charge in [-0.05, 0) is 32.4 Å². The Hall–Kier alpha value is -0.100. The molecular weight excluding hydrogens is 278 g/mol. The van der Waals surface area contributed by atoms with Crippen LogP contribution < -0.4 is 0 Å². The van der Waals surface area contributed by atoms with Crippen LogP contribution in [0.4, 0.5) is 0 Å². The third-order valence-electron chi connectivity index (χ3n) is 2.43. The fourth-order valence-corrected chi connectivity index (χ4v) is 5.10. The van der Waals surface area contributed by atoms with Gasteiger partial charge in [-0.3, -0.25) is 0 Å². The van der Waals surface area contributed by atoms with Crippen LogP contribution >= 0.6 is 22.9 Å². The van der Waals surface area contributed by atoms with Crippen LogP contribution in [0.15, 0.2) is 16.3 Å². The monoisotopic (exact) mass is 295 g/mol. The third kappa shape index (κ3) is 3.44. The van der Waals surface area contributed by atoms with E-state index in [-0.39, 0.29) is 6.04 Å². The number of hydrogen-bond acceptors (Lipinski definition) is 3. The van der Waals surface area contributed by atoms with Gasteiger partial charge in [-0.2, -0.15) is 4.31 Å². The Bertz CT molecular complexity index is 454. The van der Waals surface area contributed by atoms with Crippen molar-refractivity contribution in [3.8, 4) is 0 Å². The van der Waals surface area contributed by atoms with Gasteiger partial charge < -0.3 is 0 Å². The van der Waals surface area contributed by atoms with Crippen molar-refractivity contribution in [2.24, 2.45) is 0 Å². The second-order valence-corrected chi connectivity index (χ2v) is 7.63. The van der Waals surface area contributed by atoms with Gasteiger partial charge in [-0.15, -0.1) is 22.9 Å². The van der Waals surface area contributed by atoms with E-state index >= 15 is 0 Å². The van der Waals surface area contributed by atoms with Crippen LogP contribution in [0.25, 0.3) is 0 Å². The molecular formula is C11H18ClNO2S2. The lowest BCUT2D eigenvalue weighted by Gasteiger charge is -2.23. The molecule has 3 nitrogen and oxygen atoms in total. The molecule has 0 aliphatic heterocycles. The first-order valence-electron chi connectivity index (χ1n) is 5.60. The lowest BCUT2D eigenvalue weighted by atomic mass is 10.4. The molecule has 0 fully saturated rings. The van der Waals surface area contributed by atoms with Gasteiger partial charge in [0.1, 0.15) is 4.21 Å². The molecule has 0 amide bonds. The van der Waals surface area contributed by atoms with E-state index in [1.54, 1.807) is 6.07 Å². The zero-order valence-corrected chi connectivity index (χ0v) is 12.7. The van der Waals surface area contributed by atoms with E-state index in [2.05, 4.69) is 0 Å². The summed E-state index contributed by atoms with van der Waals surface area (Å²) in [5.41, 5.74) is 0. The number of rotatable bonds is 6. The largest absolute Gasteiger partial charge is 0.252 e. The maximum absolute atomic E-state index is 12.3. The van der Waals surface area contributed by atoms with Gasteiger partial charge in [0.2, 0.25) is 0 Å². The van der Waals surface area contributed by atoms with E-state index in [0.717, 1.165) is 11.3 Å². The number of aryl methyl sites for hydroxylation is 1. The van der Waals surface area contributed by atoms with E-state index in [9.17, 15) is 8.42 Å². The SMILES string of the molecule is CCN(C(C)C)S(=O)(=O)c1ccc(CCCl)s1. The minimum Gasteiger partial charge on any atom is -0.206 e. The lowest BCUT2D eigenvalue weighted by molar-refractivity contribution is 0.370. The standard InChI is InChI=1S/C11H18ClNO2S2/c1-4-13(9(2)3)17(14,15)11-6-5-10(16-11)7-8-12/h5-6,9H,4,7-8H2,1-3H3. The average Bonchev–Trinajstić information content (AvgIpc) is 2.67. The number of sulfonamides is 1. The number of halogens is 1. The van der Waals surface area contributed by atoms with Crippen LogP contribution in [-0.2, 0) is 16.4 Å². The molecule has 98 valence electrons. The minimum atomic E-state index is -3.34. The predicted molar refractivity (Wildman–Crippen MR) is 73.4 cm³/mol. The smallest absolute Gasteiger partial charge is 0.206 e. The molecule has 0 saturated heterocycles. The fraction of sp³-hybridized carbons (Fsp3) is 0.636. The summed E-state index contributed by atoms with van der Waals surface area (Å²) in [5.74, 6) is 0.516. The Morgan fingerprint density at radius 2 is 2.06 bits per heavy atom. The van der Waals surface area contributed by atoms with Crippen molar-refractivity contribution in [3.05, 3.63) is 17.0 Å². The van der Waals surface area contributed by atoms with Crippen LogP contribution in [0, 0.1) is 0 Å². The lowest BCUT2D eigenvalue weighted by Crippen LogP contribution is -2.36. The first-order chi connectivity index (χ1) is 7.93. The maximum Gasteiger partial charge on any atom is 0.252 e. The molecule has 0 aliphatic rings. The molecule has 0 saturated carbocycles. The van der Waals surface area contributed by atoms with Crippen molar-refractivity contribution in [1.82, 2.24) is 4.31 Å². The highest BCUT2D eigenvalue weighted by atomic mass is 35.5. The molecule has 1 heterocycles. The molecule has 0 spiro atoms. The molecule has 0 aromatic carbocycles.